The highest BCUT2D eigenvalue weighted by atomic mass is 19.1. The van der Waals surface area contributed by atoms with Gasteiger partial charge in [-0.05, 0) is 61.0 Å². The number of amides is 1. The summed E-state index contributed by atoms with van der Waals surface area (Å²) in [4.78, 5) is 25.0. The summed E-state index contributed by atoms with van der Waals surface area (Å²) < 4.78 is 14.0. The van der Waals surface area contributed by atoms with Crippen molar-refractivity contribution in [3.05, 3.63) is 87.1 Å². The maximum Gasteiger partial charge on any atom is 0.292 e. The molecular weight excluding hydrogens is 377 g/mol. The second kappa shape index (κ2) is 8.14. The number of benzene rings is 2. The summed E-state index contributed by atoms with van der Waals surface area (Å²) in [6, 6.07) is 12.8. The average molecular weight is 391 g/mol. The number of hydrogen-bond acceptors (Lipinski definition) is 6. The highest BCUT2D eigenvalue weighted by Gasteiger charge is 2.20. The molecule has 0 aliphatic carbocycles. The zero-order valence-corrected chi connectivity index (χ0v) is 15.1. The molecular formula is C20H14FN5O3. The lowest BCUT2D eigenvalue weighted by molar-refractivity contribution is 0.0947. The lowest BCUT2D eigenvalue weighted by Gasteiger charge is -2.10. The van der Waals surface area contributed by atoms with Crippen LogP contribution in [0.3, 0.4) is 0 Å². The Hall–Kier alpha value is -4.32. The van der Waals surface area contributed by atoms with Crippen LogP contribution in [0.15, 0.2) is 58.4 Å². The molecule has 29 heavy (non-hydrogen) atoms. The number of hydrogen-bond donors (Lipinski definition) is 2. The van der Waals surface area contributed by atoms with E-state index in [2.05, 4.69) is 15.6 Å². The molecule has 1 heterocycles. The smallest absolute Gasteiger partial charge is 0.292 e. The summed E-state index contributed by atoms with van der Waals surface area (Å²) in [5.74, 6) is -1.14. The van der Waals surface area contributed by atoms with Gasteiger partial charge in [0.05, 0.1) is 11.9 Å². The second-order valence-electron chi connectivity index (χ2n) is 5.94. The van der Waals surface area contributed by atoms with Gasteiger partial charge in [-0.25, -0.2) is 9.82 Å². The molecule has 0 bridgehead atoms. The molecule has 0 atom stereocenters. The summed E-state index contributed by atoms with van der Waals surface area (Å²) in [5, 5.41) is 26.4. The molecule has 0 spiro atoms. The van der Waals surface area contributed by atoms with E-state index in [1.54, 1.807) is 18.2 Å². The van der Waals surface area contributed by atoms with Gasteiger partial charge in [-0.1, -0.05) is 0 Å². The van der Waals surface area contributed by atoms with Crippen molar-refractivity contribution in [1.82, 2.24) is 15.2 Å². The quantitative estimate of drug-likeness (QED) is 0.521. The largest absolute Gasteiger partial charge is 0.508 e. The van der Waals surface area contributed by atoms with Crippen molar-refractivity contribution < 1.29 is 14.3 Å². The molecule has 1 aromatic heterocycles. The second-order valence-corrected chi connectivity index (χ2v) is 5.94. The maximum absolute atomic E-state index is 13.2. The molecule has 0 aliphatic heterocycles. The molecule has 0 fully saturated rings. The third-order valence-corrected chi connectivity index (χ3v) is 4.01. The van der Waals surface area contributed by atoms with Gasteiger partial charge in [-0.3, -0.25) is 9.59 Å². The number of nitrogens with one attached hydrogen (secondary N) is 1. The van der Waals surface area contributed by atoms with E-state index in [-0.39, 0.29) is 28.3 Å². The van der Waals surface area contributed by atoms with Crippen molar-refractivity contribution in [2.75, 3.05) is 0 Å². The fraction of sp³-hybridized carbons (Fsp3) is 0.0500. The minimum absolute atomic E-state index is 0.0955. The van der Waals surface area contributed by atoms with Crippen molar-refractivity contribution in [1.29, 1.82) is 5.26 Å². The molecule has 3 rings (SSSR count). The molecule has 0 aliphatic rings. The number of phenols is 1. The molecule has 2 aromatic carbocycles. The molecule has 0 unspecified atom stereocenters. The SMILES string of the molecule is Cc1c(C(=O)N/N=C/c2ccc(O)cc2)nn(-c2ccc(F)cc2)c(=O)c1C#N. The number of hydrazone groups is 1. The summed E-state index contributed by atoms with van der Waals surface area (Å²) in [5.41, 5.74) is 2.07. The number of halogens is 1. The molecule has 3 aromatic rings. The Kier molecular flexibility index (Phi) is 5.46. The van der Waals surface area contributed by atoms with Crippen LogP contribution < -0.4 is 11.0 Å². The number of carbonyl (C=O) groups excluding carboxylic acids is 1. The average Bonchev–Trinajstić information content (AvgIpc) is 2.71. The highest BCUT2D eigenvalue weighted by Crippen LogP contribution is 2.11. The number of aromatic nitrogens is 2. The van der Waals surface area contributed by atoms with Crippen LogP contribution in [0.2, 0.25) is 0 Å². The number of aromatic hydroxyl groups is 1. The van der Waals surface area contributed by atoms with Crippen LogP contribution in [0.5, 0.6) is 5.75 Å². The zero-order valence-electron chi connectivity index (χ0n) is 15.1. The molecule has 0 radical (unpaired) electrons. The first-order chi connectivity index (χ1) is 13.9. The molecule has 0 saturated carbocycles. The van der Waals surface area contributed by atoms with Gasteiger partial charge in [0.1, 0.15) is 23.2 Å². The number of nitrogens with zero attached hydrogens (tertiary/aromatic N) is 4. The molecule has 9 heteroatoms. The van der Waals surface area contributed by atoms with Gasteiger partial charge in [0.15, 0.2) is 5.69 Å². The summed E-state index contributed by atoms with van der Waals surface area (Å²) in [7, 11) is 0. The van der Waals surface area contributed by atoms with Crippen molar-refractivity contribution in [3.63, 3.8) is 0 Å². The predicted octanol–water partition coefficient (Wildman–Crippen LogP) is 2.02. The molecule has 0 saturated heterocycles. The van der Waals surface area contributed by atoms with Crippen LogP contribution in [-0.4, -0.2) is 27.0 Å². The van der Waals surface area contributed by atoms with E-state index >= 15 is 0 Å². The highest BCUT2D eigenvalue weighted by molar-refractivity contribution is 5.94. The van der Waals surface area contributed by atoms with E-state index in [0.29, 0.717) is 5.56 Å². The molecule has 1 amide bonds. The van der Waals surface area contributed by atoms with Crippen LogP contribution in [0.25, 0.3) is 5.69 Å². The van der Waals surface area contributed by atoms with Crippen LogP contribution in [0.1, 0.15) is 27.2 Å². The fourth-order valence-electron chi connectivity index (χ4n) is 2.49. The van der Waals surface area contributed by atoms with E-state index in [0.717, 1.165) is 16.8 Å². The number of nitriles is 1. The lowest BCUT2D eigenvalue weighted by Crippen LogP contribution is -2.31. The van der Waals surface area contributed by atoms with Crippen LogP contribution in [-0.2, 0) is 0 Å². The van der Waals surface area contributed by atoms with Crippen LogP contribution in [0, 0.1) is 24.1 Å². The monoisotopic (exact) mass is 391 g/mol. The van der Waals surface area contributed by atoms with E-state index in [1.165, 1.54) is 37.4 Å². The van der Waals surface area contributed by atoms with Gasteiger partial charge in [0.25, 0.3) is 11.5 Å². The third kappa shape index (κ3) is 4.17. The molecule has 2 N–H and O–H groups in total. The van der Waals surface area contributed by atoms with Crippen molar-refractivity contribution >= 4 is 12.1 Å². The van der Waals surface area contributed by atoms with E-state index in [4.69, 9.17) is 0 Å². The van der Waals surface area contributed by atoms with Crippen LogP contribution >= 0.6 is 0 Å². The van der Waals surface area contributed by atoms with E-state index in [9.17, 15) is 24.3 Å². The Morgan fingerprint density at radius 3 is 2.52 bits per heavy atom. The zero-order chi connectivity index (χ0) is 21.0. The Bertz CT molecular complexity index is 1190. The normalized spacial score (nSPS) is 10.7. The van der Waals surface area contributed by atoms with Gasteiger partial charge in [-0.15, -0.1) is 0 Å². The number of rotatable bonds is 4. The fourth-order valence-corrected chi connectivity index (χ4v) is 2.49. The third-order valence-electron chi connectivity index (χ3n) is 4.01. The Morgan fingerprint density at radius 2 is 1.90 bits per heavy atom. The lowest BCUT2D eigenvalue weighted by atomic mass is 10.1. The van der Waals surface area contributed by atoms with E-state index in [1.807, 2.05) is 0 Å². The first-order valence-corrected chi connectivity index (χ1v) is 8.33. The predicted molar refractivity (Wildman–Crippen MR) is 102 cm³/mol. The Labute approximate surface area is 164 Å². The summed E-state index contributed by atoms with van der Waals surface area (Å²) in [6.07, 6.45) is 1.36. The van der Waals surface area contributed by atoms with Gasteiger partial charge in [0.2, 0.25) is 0 Å². The minimum Gasteiger partial charge on any atom is -0.508 e. The van der Waals surface area contributed by atoms with Gasteiger partial charge < -0.3 is 5.11 Å². The topological polar surface area (TPSA) is 120 Å². The van der Waals surface area contributed by atoms with E-state index < -0.39 is 17.3 Å². The maximum atomic E-state index is 13.2. The Balaban J connectivity index is 1.95. The van der Waals surface area contributed by atoms with Crippen molar-refractivity contribution in [2.45, 2.75) is 6.92 Å². The first-order valence-electron chi connectivity index (χ1n) is 8.33. The van der Waals surface area contributed by atoms with Gasteiger partial charge in [-0.2, -0.15) is 20.1 Å². The molecule has 144 valence electrons. The number of phenolic OH excluding ortho intramolecular Hbond substituents is 1. The van der Waals surface area contributed by atoms with Crippen molar-refractivity contribution in [2.24, 2.45) is 5.10 Å². The van der Waals surface area contributed by atoms with Crippen molar-refractivity contribution in [3.8, 4) is 17.5 Å². The van der Waals surface area contributed by atoms with Crippen LogP contribution in [0.4, 0.5) is 4.39 Å². The summed E-state index contributed by atoms with van der Waals surface area (Å²) in [6.45, 7) is 1.43. The molecule has 8 nitrogen and oxygen atoms in total. The Morgan fingerprint density at radius 1 is 1.24 bits per heavy atom. The minimum atomic E-state index is -0.732. The number of carbonyl (C=O) groups is 1. The first kappa shape index (κ1) is 19.4. The standard InChI is InChI=1S/C20H14FN5O3/c1-12-17(10-22)20(29)26(15-6-4-14(21)5-7-15)25-18(12)19(28)24-23-11-13-2-8-16(27)9-3-13/h2-9,11,27H,1H3,(H,24,28)/b23-11+. The van der Waals surface area contributed by atoms with Gasteiger partial charge in [0, 0.05) is 5.56 Å². The van der Waals surface area contributed by atoms with Gasteiger partial charge >= 0.3 is 0 Å². The summed E-state index contributed by atoms with van der Waals surface area (Å²) >= 11 is 0.